The number of ether oxygens (including phenoxy) is 2. The fraction of sp³-hybridized carbons (Fsp3) is 0.261. The summed E-state index contributed by atoms with van der Waals surface area (Å²) in [6, 6.07) is 15.5. The molecule has 0 bridgehead atoms. The van der Waals surface area contributed by atoms with Crippen molar-refractivity contribution in [1.82, 2.24) is 9.97 Å². The minimum atomic E-state index is -0.613. The molecule has 6 nitrogen and oxygen atoms in total. The standard InChI is InChI=1S/C23H22BrN3O3/c1-16-15-19(30-22-25-11-2-12-26-22)7-8-20(16)27-21(28)23(9-13-29-14-10-23)17-3-5-18(24)6-4-17/h2-8,11-12,15H,9-10,13-14H2,1H3,(H,27,28). The van der Waals surface area contributed by atoms with Crippen molar-refractivity contribution in [1.29, 1.82) is 0 Å². The van der Waals surface area contributed by atoms with Crippen molar-refractivity contribution >= 4 is 27.5 Å². The number of carbonyl (C=O) groups is 1. The Labute approximate surface area is 183 Å². The Kier molecular flexibility index (Phi) is 6.11. The normalized spacial score (nSPS) is 15.4. The molecule has 1 saturated heterocycles. The van der Waals surface area contributed by atoms with Crippen LogP contribution >= 0.6 is 15.9 Å². The van der Waals surface area contributed by atoms with E-state index in [0.717, 1.165) is 21.3 Å². The van der Waals surface area contributed by atoms with Crippen LogP contribution in [-0.4, -0.2) is 29.1 Å². The monoisotopic (exact) mass is 467 g/mol. The van der Waals surface area contributed by atoms with E-state index in [1.54, 1.807) is 24.5 Å². The van der Waals surface area contributed by atoms with Crippen molar-refractivity contribution in [3.63, 3.8) is 0 Å². The summed E-state index contributed by atoms with van der Waals surface area (Å²) in [6.07, 6.45) is 4.54. The van der Waals surface area contributed by atoms with E-state index in [0.29, 0.717) is 31.8 Å². The van der Waals surface area contributed by atoms with Gasteiger partial charge in [-0.2, -0.15) is 0 Å². The van der Waals surface area contributed by atoms with Crippen LogP contribution in [0.4, 0.5) is 5.69 Å². The third-order valence-corrected chi connectivity index (χ3v) is 5.90. The van der Waals surface area contributed by atoms with Gasteiger partial charge in [-0.3, -0.25) is 4.79 Å². The first-order valence-corrected chi connectivity index (χ1v) is 10.6. The lowest BCUT2D eigenvalue weighted by atomic mass is 9.73. The molecule has 4 rings (SSSR count). The van der Waals surface area contributed by atoms with Crippen molar-refractivity contribution in [2.75, 3.05) is 18.5 Å². The van der Waals surface area contributed by atoms with Crippen molar-refractivity contribution in [2.24, 2.45) is 0 Å². The lowest BCUT2D eigenvalue weighted by Crippen LogP contribution is -2.44. The molecule has 2 aromatic carbocycles. The molecule has 0 spiro atoms. The molecule has 30 heavy (non-hydrogen) atoms. The van der Waals surface area contributed by atoms with E-state index < -0.39 is 5.41 Å². The smallest absolute Gasteiger partial charge is 0.321 e. The number of hydrogen-bond acceptors (Lipinski definition) is 5. The molecule has 2 heterocycles. The van der Waals surface area contributed by atoms with Gasteiger partial charge in [0.1, 0.15) is 5.75 Å². The number of amides is 1. The van der Waals surface area contributed by atoms with Gasteiger partial charge in [-0.05, 0) is 67.3 Å². The number of anilines is 1. The van der Waals surface area contributed by atoms with E-state index in [-0.39, 0.29) is 11.9 Å². The fourth-order valence-electron chi connectivity index (χ4n) is 3.66. The van der Waals surface area contributed by atoms with Crippen molar-refractivity contribution < 1.29 is 14.3 Å². The van der Waals surface area contributed by atoms with Crippen LogP contribution < -0.4 is 10.1 Å². The highest BCUT2D eigenvalue weighted by Gasteiger charge is 2.41. The first-order chi connectivity index (χ1) is 14.6. The Balaban J connectivity index is 1.56. The van der Waals surface area contributed by atoms with E-state index in [9.17, 15) is 4.79 Å². The Bertz CT molecular complexity index is 1020. The zero-order valence-corrected chi connectivity index (χ0v) is 18.2. The van der Waals surface area contributed by atoms with E-state index in [4.69, 9.17) is 9.47 Å². The highest BCUT2D eigenvalue weighted by atomic mass is 79.9. The molecule has 3 aromatic rings. The van der Waals surface area contributed by atoms with E-state index >= 15 is 0 Å². The Morgan fingerprint density at radius 1 is 1.10 bits per heavy atom. The molecule has 1 N–H and O–H groups in total. The summed E-state index contributed by atoms with van der Waals surface area (Å²) in [5, 5.41) is 3.13. The third kappa shape index (κ3) is 4.37. The first-order valence-electron chi connectivity index (χ1n) is 9.78. The average Bonchev–Trinajstić information content (AvgIpc) is 2.77. The molecule has 154 valence electrons. The second-order valence-electron chi connectivity index (χ2n) is 7.27. The Morgan fingerprint density at radius 2 is 1.80 bits per heavy atom. The maximum atomic E-state index is 13.5. The van der Waals surface area contributed by atoms with Crippen molar-refractivity contribution in [3.8, 4) is 11.8 Å². The maximum absolute atomic E-state index is 13.5. The molecule has 0 unspecified atom stereocenters. The molecular weight excluding hydrogens is 446 g/mol. The molecule has 1 fully saturated rings. The van der Waals surface area contributed by atoms with Crippen LogP contribution in [0.1, 0.15) is 24.0 Å². The highest BCUT2D eigenvalue weighted by molar-refractivity contribution is 9.10. The fourth-order valence-corrected chi connectivity index (χ4v) is 3.93. The van der Waals surface area contributed by atoms with Crippen LogP contribution in [0.2, 0.25) is 0 Å². The third-order valence-electron chi connectivity index (χ3n) is 5.38. The molecule has 0 radical (unpaired) electrons. The minimum absolute atomic E-state index is 0.0173. The van der Waals surface area contributed by atoms with Gasteiger partial charge >= 0.3 is 6.01 Å². The number of carbonyl (C=O) groups excluding carboxylic acids is 1. The summed E-state index contributed by atoms with van der Waals surface area (Å²) in [5.41, 5.74) is 2.04. The highest BCUT2D eigenvalue weighted by Crippen LogP contribution is 2.37. The summed E-state index contributed by atoms with van der Waals surface area (Å²) in [6.45, 7) is 3.06. The molecule has 1 aliphatic rings. The molecule has 1 aliphatic heterocycles. The van der Waals surface area contributed by atoms with Gasteiger partial charge in [-0.15, -0.1) is 0 Å². The molecule has 1 amide bonds. The van der Waals surface area contributed by atoms with Gasteiger partial charge in [0.25, 0.3) is 0 Å². The summed E-state index contributed by atoms with van der Waals surface area (Å²) in [5.74, 6) is 0.599. The van der Waals surface area contributed by atoms with Gasteiger partial charge in [0.05, 0.1) is 5.41 Å². The Morgan fingerprint density at radius 3 is 2.47 bits per heavy atom. The number of benzene rings is 2. The van der Waals surface area contributed by atoms with E-state index in [1.807, 2.05) is 43.3 Å². The molecule has 0 saturated carbocycles. The van der Waals surface area contributed by atoms with Crippen LogP contribution in [-0.2, 0) is 14.9 Å². The van der Waals surface area contributed by atoms with Gasteiger partial charge in [0, 0.05) is 35.8 Å². The maximum Gasteiger partial charge on any atom is 0.321 e. The molecule has 7 heteroatoms. The number of aryl methyl sites for hydroxylation is 1. The number of rotatable bonds is 5. The van der Waals surface area contributed by atoms with Crippen molar-refractivity contribution in [2.45, 2.75) is 25.2 Å². The van der Waals surface area contributed by atoms with Gasteiger partial charge in [-0.1, -0.05) is 28.1 Å². The lowest BCUT2D eigenvalue weighted by Gasteiger charge is -2.36. The largest absolute Gasteiger partial charge is 0.424 e. The SMILES string of the molecule is Cc1cc(Oc2ncccn2)ccc1NC(=O)C1(c2ccc(Br)cc2)CCOCC1. The van der Waals surface area contributed by atoms with Crippen molar-refractivity contribution in [3.05, 3.63) is 76.5 Å². The summed E-state index contributed by atoms with van der Waals surface area (Å²) in [4.78, 5) is 21.6. The zero-order valence-electron chi connectivity index (χ0n) is 16.6. The molecule has 1 aromatic heterocycles. The molecule has 0 aliphatic carbocycles. The number of nitrogens with one attached hydrogen (secondary N) is 1. The van der Waals surface area contributed by atoms with E-state index in [2.05, 4.69) is 31.2 Å². The Hall–Kier alpha value is -2.77. The quantitative estimate of drug-likeness (QED) is 0.569. The van der Waals surface area contributed by atoms with Crippen LogP contribution in [0.25, 0.3) is 0 Å². The summed E-state index contributed by atoms with van der Waals surface area (Å²) >= 11 is 3.47. The predicted molar refractivity (Wildman–Crippen MR) is 118 cm³/mol. The zero-order chi connectivity index (χ0) is 21.0. The topological polar surface area (TPSA) is 73.3 Å². The second kappa shape index (κ2) is 8.93. The number of nitrogens with zero attached hydrogens (tertiary/aromatic N) is 2. The van der Waals surface area contributed by atoms with Gasteiger partial charge in [0.15, 0.2) is 0 Å². The average molecular weight is 468 g/mol. The van der Waals surface area contributed by atoms with Crippen LogP contribution in [0, 0.1) is 6.92 Å². The number of hydrogen-bond donors (Lipinski definition) is 1. The molecule has 0 atom stereocenters. The van der Waals surface area contributed by atoms with Crippen LogP contribution in [0.3, 0.4) is 0 Å². The predicted octanol–water partition coefficient (Wildman–Crippen LogP) is 5.03. The minimum Gasteiger partial charge on any atom is -0.424 e. The second-order valence-corrected chi connectivity index (χ2v) is 8.18. The van der Waals surface area contributed by atoms with Gasteiger partial charge < -0.3 is 14.8 Å². The van der Waals surface area contributed by atoms with Gasteiger partial charge in [0.2, 0.25) is 5.91 Å². The first kappa shape index (κ1) is 20.5. The van der Waals surface area contributed by atoms with Gasteiger partial charge in [-0.25, -0.2) is 9.97 Å². The number of aromatic nitrogens is 2. The molecular formula is C23H22BrN3O3. The van der Waals surface area contributed by atoms with Crippen LogP contribution in [0.15, 0.2) is 65.4 Å². The summed E-state index contributed by atoms with van der Waals surface area (Å²) < 4.78 is 12.2. The van der Waals surface area contributed by atoms with E-state index in [1.165, 1.54) is 0 Å². The summed E-state index contributed by atoms with van der Waals surface area (Å²) in [7, 11) is 0. The number of halogens is 1. The van der Waals surface area contributed by atoms with Crippen LogP contribution in [0.5, 0.6) is 11.8 Å². The lowest BCUT2D eigenvalue weighted by molar-refractivity contribution is -0.125.